The Morgan fingerprint density at radius 3 is 0.686 bits per heavy atom. The van der Waals surface area contributed by atoms with Crippen molar-refractivity contribution < 1.29 is 107 Å². The summed E-state index contributed by atoms with van der Waals surface area (Å²) in [6.07, 6.45) is -8.07. The molecule has 0 unspecified atom stereocenters. The van der Waals surface area contributed by atoms with Crippen molar-refractivity contribution in [1.29, 1.82) is 0 Å². The number of rotatable bonds is 9. The molecule has 0 spiro atoms. The second kappa shape index (κ2) is 7.84. The predicted octanol–water partition coefficient (Wildman–Crippen LogP) is 6.40. The van der Waals surface area contributed by atoms with E-state index in [4.69, 9.17) is 9.79 Å². The molecule has 0 aromatic heterocycles. The van der Waals surface area contributed by atoms with Crippen LogP contribution in [-0.4, -0.2) is 69.0 Å². The van der Waals surface area contributed by atoms with Gasteiger partial charge in [-0.2, -0.15) is 92.2 Å². The van der Waals surface area contributed by atoms with E-state index in [1.807, 2.05) is 0 Å². The van der Waals surface area contributed by atoms with Crippen molar-refractivity contribution in [3.63, 3.8) is 0 Å². The maximum absolute atomic E-state index is 13.3. The molecule has 0 fully saturated rings. The number of alkyl halides is 21. The molecule has 0 amide bonds. The molecule has 2 N–H and O–H groups in total. The largest absolute Gasteiger partial charge is 0.460 e. The molecule has 3 nitrogen and oxygen atoms in total. The molecular weight excluding hydrogens is 598 g/mol. The van der Waals surface area contributed by atoms with Gasteiger partial charge in [0, 0.05) is 0 Å². The molecule has 25 heteroatoms. The third kappa shape index (κ3) is 3.91. The van der Waals surface area contributed by atoms with Crippen LogP contribution in [0.3, 0.4) is 0 Å². The van der Waals surface area contributed by atoms with Crippen LogP contribution in [0.5, 0.6) is 0 Å². The quantitative estimate of drug-likeness (QED) is 0.238. The van der Waals surface area contributed by atoms with Crippen molar-refractivity contribution in [1.82, 2.24) is 0 Å². The van der Waals surface area contributed by atoms with Gasteiger partial charge in [-0.3, -0.25) is 4.57 Å². The van der Waals surface area contributed by atoms with Crippen molar-refractivity contribution in [3.8, 4) is 0 Å². The van der Waals surface area contributed by atoms with E-state index in [2.05, 4.69) is 0 Å². The van der Waals surface area contributed by atoms with Crippen LogP contribution in [0.25, 0.3) is 0 Å². The summed E-state index contributed by atoms with van der Waals surface area (Å²) in [7, 11) is -8.17. The zero-order valence-corrected chi connectivity index (χ0v) is 15.6. The molecule has 0 aliphatic rings. The molecule has 35 heavy (non-hydrogen) atoms. The average Bonchev–Trinajstić information content (AvgIpc) is 2.58. The summed E-state index contributed by atoms with van der Waals surface area (Å²) in [5.74, 6) is -72.3. The highest BCUT2D eigenvalue weighted by Gasteiger charge is 2.98. The number of halogens is 21. The lowest BCUT2D eigenvalue weighted by molar-refractivity contribution is -0.472. The van der Waals surface area contributed by atoms with Crippen LogP contribution in [0.4, 0.5) is 92.2 Å². The van der Waals surface area contributed by atoms with Crippen molar-refractivity contribution in [3.05, 3.63) is 0 Å². The monoisotopic (exact) mass is 600 g/mol. The number of hydrogen-bond acceptors (Lipinski definition) is 1. The highest BCUT2D eigenvalue weighted by molar-refractivity contribution is 7.53. The second-order valence-electron chi connectivity index (χ2n) is 6.18. The van der Waals surface area contributed by atoms with Crippen LogP contribution in [0.1, 0.15) is 0 Å². The normalized spacial score (nSPS) is 17.1. The Kier molecular flexibility index (Phi) is 7.54. The van der Waals surface area contributed by atoms with Gasteiger partial charge in [0.25, 0.3) is 0 Å². The van der Waals surface area contributed by atoms with Gasteiger partial charge < -0.3 is 9.79 Å². The SMILES string of the molecule is O=P(O)(O)C(F)(F)C(F)(F)C(F)(F)C(F)(F)C(F)(F)C(F)(F)C(F)(F)C(F)(F)C(F)(F)C(F)(F)F. The standard InChI is InChI=1S/C10H2F21O3P/c11-1(12,3(15,16)5(19,20)7(23,24)9(27,28)29)2(13,14)4(17,18)6(21,22)8(25,26)10(30,31)35(32,33)34/h(H2,32,33,34). The van der Waals surface area contributed by atoms with Crippen LogP contribution in [0.2, 0.25) is 0 Å². The van der Waals surface area contributed by atoms with E-state index in [0.29, 0.717) is 0 Å². The molecular formula is C10H2F21O3P. The molecule has 0 aliphatic heterocycles. The maximum atomic E-state index is 13.3. The van der Waals surface area contributed by atoms with Crippen molar-refractivity contribution in [2.24, 2.45) is 0 Å². The van der Waals surface area contributed by atoms with Gasteiger partial charge in [0.05, 0.1) is 0 Å². The van der Waals surface area contributed by atoms with Gasteiger partial charge >= 0.3 is 66.8 Å². The molecule has 0 atom stereocenters. The molecule has 0 rings (SSSR count). The van der Waals surface area contributed by atoms with Gasteiger partial charge in [-0.1, -0.05) is 0 Å². The highest BCUT2D eigenvalue weighted by atomic mass is 31.2. The minimum Gasteiger partial charge on any atom is -0.320 e. The van der Waals surface area contributed by atoms with Crippen LogP contribution in [0, 0.1) is 0 Å². The molecule has 0 radical (unpaired) electrons. The Hall–Kier alpha value is -1.32. The Bertz CT molecular complexity index is 850. The number of hydrogen-bond donors (Lipinski definition) is 2. The van der Waals surface area contributed by atoms with Gasteiger partial charge in [0.15, 0.2) is 0 Å². The first-order chi connectivity index (χ1) is 14.5. The summed E-state index contributed by atoms with van der Waals surface area (Å²) in [5, 5.41) is 0. The predicted molar refractivity (Wildman–Crippen MR) is 62.6 cm³/mol. The zero-order chi connectivity index (χ0) is 29.5. The zero-order valence-electron chi connectivity index (χ0n) is 14.7. The maximum Gasteiger partial charge on any atom is 0.460 e. The Labute approximate surface area is 175 Å². The summed E-state index contributed by atoms with van der Waals surface area (Å²) in [4.78, 5) is 15.7. The van der Waals surface area contributed by atoms with E-state index in [9.17, 15) is 96.8 Å². The Morgan fingerprint density at radius 1 is 0.343 bits per heavy atom. The first-order valence-corrected chi connectivity index (χ1v) is 8.64. The molecule has 0 aromatic carbocycles. The molecule has 0 saturated carbocycles. The highest BCUT2D eigenvalue weighted by Crippen LogP contribution is 2.69. The van der Waals surface area contributed by atoms with Crippen molar-refractivity contribution in [2.75, 3.05) is 0 Å². The van der Waals surface area contributed by atoms with Crippen molar-refractivity contribution in [2.45, 2.75) is 59.2 Å². The van der Waals surface area contributed by atoms with E-state index in [-0.39, 0.29) is 0 Å². The fourth-order valence-electron chi connectivity index (χ4n) is 1.73. The third-order valence-electron chi connectivity index (χ3n) is 3.86. The summed E-state index contributed by atoms with van der Waals surface area (Å²) < 4.78 is 281. The molecule has 0 aliphatic carbocycles. The van der Waals surface area contributed by atoms with Crippen LogP contribution in [0.15, 0.2) is 0 Å². The topological polar surface area (TPSA) is 57.5 Å². The van der Waals surface area contributed by atoms with E-state index in [0.717, 1.165) is 0 Å². The fourth-order valence-corrected chi connectivity index (χ4v) is 2.24. The summed E-state index contributed by atoms with van der Waals surface area (Å²) in [6.45, 7) is 0. The summed E-state index contributed by atoms with van der Waals surface area (Å²) >= 11 is 0. The molecule has 0 heterocycles. The van der Waals surface area contributed by atoms with Gasteiger partial charge in [-0.15, -0.1) is 0 Å². The lowest BCUT2D eigenvalue weighted by Gasteiger charge is -2.44. The summed E-state index contributed by atoms with van der Waals surface area (Å²) in [6, 6.07) is 0. The van der Waals surface area contributed by atoms with E-state index < -0.39 is 66.8 Å². The lowest BCUT2D eigenvalue weighted by atomic mass is 9.87. The van der Waals surface area contributed by atoms with Crippen LogP contribution in [-0.2, 0) is 4.57 Å². The first kappa shape index (κ1) is 33.7. The molecule has 0 saturated heterocycles. The second-order valence-corrected chi connectivity index (χ2v) is 7.83. The molecule has 0 bridgehead atoms. The third-order valence-corrected chi connectivity index (χ3v) is 4.87. The average molecular weight is 600 g/mol. The van der Waals surface area contributed by atoms with Crippen molar-refractivity contribution >= 4 is 7.60 Å². The van der Waals surface area contributed by atoms with Gasteiger partial charge in [0.2, 0.25) is 0 Å². The van der Waals surface area contributed by atoms with E-state index in [1.54, 1.807) is 0 Å². The van der Waals surface area contributed by atoms with Gasteiger partial charge in [-0.25, -0.2) is 0 Å². The van der Waals surface area contributed by atoms with E-state index in [1.165, 1.54) is 0 Å². The Balaban J connectivity index is 7.18. The van der Waals surface area contributed by atoms with E-state index >= 15 is 0 Å². The first-order valence-electron chi connectivity index (χ1n) is 7.02. The molecule has 0 aromatic rings. The lowest BCUT2D eigenvalue weighted by Crippen LogP contribution is -2.76. The molecule has 212 valence electrons. The smallest absolute Gasteiger partial charge is 0.320 e. The summed E-state index contributed by atoms with van der Waals surface area (Å²) in [5.41, 5.74) is -7.92. The van der Waals surface area contributed by atoms with Crippen LogP contribution >= 0.6 is 7.60 Å². The minimum atomic E-state index is -9.35. The fraction of sp³-hybridized carbons (Fsp3) is 1.00. The van der Waals surface area contributed by atoms with Gasteiger partial charge in [-0.05, 0) is 0 Å². The minimum absolute atomic E-state index is 7.83. The van der Waals surface area contributed by atoms with Crippen LogP contribution < -0.4 is 0 Å². The Morgan fingerprint density at radius 2 is 0.514 bits per heavy atom. The van der Waals surface area contributed by atoms with Gasteiger partial charge in [0.1, 0.15) is 0 Å².